The van der Waals surface area contributed by atoms with Gasteiger partial charge in [-0.2, -0.15) is 0 Å². The van der Waals surface area contributed by atoms with Gasteiger partial charge >= 0.3 is 0 Å². The first-order valence-electron chi connectivity index (χ1n) is 5.75. The van der Waals surface area contributed by atoms with Crippen molar-refractivity contribution in [1.29, 1.82) is 0 Å². The molecule has 1 aromatic carbocycles. The number of rotatable bonds is 1. The zero-order valence-electron chi connectivity index (χ0n) is 11.5. The van der Waals surface area contributed by atoms with E-state index >= 15 is 0 Å². The molecule has 2 nitrogen and oxygen atoms in total. The van der Waals surface area contributed by atoms with Crippen LogP contribution in [-0.2, 0) is 5.41 Å². The van der Waals surface area contributed by atoms with Gasteiger partial charge in [0.05, 0.1) is 5.41 Å². The Morgan fingerprint density at radius 2 is 1.76 bits per heavy atom. The van der Waals surface area contributed by atoms with Crippen LogP contribution in [0.1, 0.15) is 26.3 Å². The van der Waals surface area contributed by atoms with E-state index in [-0.39, 0.29) is 29.4 Å². The maximum atomic E-state index is 2.31. The third-order valence-electron chi connectivity index (χ3n) is 3.94. The van der Waals surface area contributed by atoms with Gasteiger partial charge < -0.3 is 28.9 Å². The van der Waals surface area contributed by atoms with Gasteiger partial charge in [0.2, 0.25) is 5.69 Å². The molecule has 0 saturated heterocycles. The van der Waals surface area contributed by atoms with Crippen LogP contribution in [0.5, 0.6) is 0 Å². The second-order valence-corrected chi connectivity index (χ2v) is 5.37. The molecule has 1 heterocycles. The largest absolute Gasteiger partial charge is 1.00 e. The highest BCUT2D eigenvalue weighted by atomic mass is 127. The van der Waals surface area contributed by atoms with Crippen LogP contribution in [0.25, 0.3) is 0 Å². The SMILES string of the molecule is CC1=[N+](C)c2ccc(N(C)C)cc2C1(C)C.[I-]. The van der Waals surface area contributed by atoms with Gasteiger partial charge in [-0.1, -0.05) is 0 Å². The van der Waals surface area contributed by atoms with Gasteiger partial charge in [0.25, 0.3) is 0 Å². The first-order chi connectivity index (χ1) is 7.35. The molecule has 2 rings (SSSR count). The van der Waals surface area contributed by atoms with Crippen molar-refractivity contribution < 1.29 is 28.6 Å². The van der Waals surface area contributed by atoms with Crippen LogP contribution < -0.4 is 28.9 Å². The highest BCUT2D eigenvalue weighted by Crippen LogP contribution is 2.40. The molecule has 0 radical (unpaired) electrons. The molecule has 1 aliphatic heterocycles. The van der Waals surface area contributed by atoms with E-state index in [1.165, 1.54) is 22.6 Å². The monoisotopic (exact) mass is 344 g/mol. The minimum atomic E-state index is 0. The first-order valence-corrected chi connectivity index (χ1v) is 5.75. The van der Waals surface area contributed by atoms with E-state index in [9.17, 15) is 0 Å². The number of nitrogens with zero attached hydrogens (tertiary/aromatic N) is 2. The van der Waals surface area contributed by atoms with Gasteiger partial charge in [-0.15, -0.1) is 0 Å². The summed E-state index contributed by atoms with van der Waals surface area (Å²) in [5.41, 5.74) is 5.61. The van der Waals surface area contributed by atoms with Crippen LogP contribution in [0.15, 0.2) is 18.2 Å². The van der Waals surface area contributed by atoms with Crippen LogP contribution in [-0.4, -0.2) is 31.4 Å². The normalized spacial score (nSPS) is 16.6. The van der Waals surface area contributed by atoms with Gasteiger partial charge in [0.15, 0.2) is 5.71 Å². The Labute approximate surface area is 121 Å². The third kappa shape index (κ3) is 2.09. The predicted octanol–water partition coefficient (Wildman–Crippen LogP) is -0.217. The lowest BCUT2D eigenvalue weighted by Gasteiger charge is -2.18. The number of anilines is 1. The number of benzene rings is 1. The molecule has 0 aliphatic carbocycles. The summed E-state index contributed by atoms with van der Waals surface area (Å²) in [7, 11) is 6.33. The van der Waals surface area contributed by atoms with Gasteiger partial charge in [0, 0.05) is 38.3 Å². The van der Waals surface area contributed by atoms with Crippen LogP contribution in [0, 0.1) is 0 Å². The van der Waals surface area contributed by atoms with Gasteiger partial charge in [-0.3, -0.25) is 0 Å². The summed E-state index contributed by atoms with van der Waals surface area (Å²) in [4.78, 5) is 2.16. The van der Waals surface area contributed by atoms with Gasteiger partial charge in [-0.05, 0) is 26.0 Å². The molecule has 0 fully saturated rings. The molecule has 0 spiro atoms. The molecular formula is C14H21IN2. The quantitative estimate of drug-likeness (QED) is 0.505. The van der Waals surface area contributed by atoms with Crippen molar-refractivity contribution in [3.63, 3.8) is 0 Å². The molecular weight excluding hydrogens is 323 g/mol. The van der Waals surface area contributed by atoms with Crippen LogP contribution in [0.2, 0.25) is 0 Å². The Bertz CT molecular complexity index is 473. The van der Waals surface area contributed by atoms with E-state index in [4.69, 9.17) is 0 Å². The number of halogens is 1. The van der Waals surface area contributed by atoms with E-state index in [1.807, 2.05) is 0 Å². The molecule has 1 aromatic rings. The zero-order chi connectivity index (χ0) is 12.1. The van der Waals surface area contributed by atoms with Crippen molar-refractivity contribution in [2.24, 2.45) is 0 Å². The Hall–Kier alpha value is -0.580. The fraction of sp³-hybridized carbons (Fsp3) is 0.500. The van der Waals surface area contributed by atoms with Gasteiger partial charge in [0.1, 0.15) is 7.05 Å². The summed E-state index contributed by atoms with van der Waals surface area (Å²) in [5, 5.41) is 0. The maximum Gasteiger partial charge on any atom is 0.209 e. The fourth-order valence-corrected chi connectivity index (χ4v) is 2.39. The Kier molecular flexibility index (Phi) is 3.91. The van der Waals surface area contributed by atoms with Crippen molar-refractivity contribution in [2.75, 3.05) is 26.0 Å². The predicted molar refractivity (Wildman–Crippen MR) is 70.3 cm³/mol. The van der Waals surface area contributed by atoms with E-state index in [0.29, 0.717) is 0 Å². The average molecular weight is 344 g/mol. The minimum Gasteiger partial charge on any atom is -1.00 e. The lowest BCUT2D eigenvalue weighted by Crippen LogP contribution is -3.00. The Morgan fingerprint density at radius 3 is 2.29 bits per heavy atom. The van der Waals surface area contributed by atoms with E-state index in [2.05, 4.69) is 69.6 Å². The Morgan fingerprint density at radius 1 is 1.18 bits per heavy atom. The minimum absolute atomic E-state index is 0. The molecule has 0 bridgehead atoms. The topological polar surface area (TPSA) is 6.25 Å². The highest BCUT2D eigenvalue weighted by molar-refractivity contribution is 5.93. The van der Waals surface area contributed by atoms with Crippen LogP contribution in [0.3, 0.4) is 0 Å². The lowest BCUT2D eigenvalue weighted by molar-refractivity contribution is -0.403. The Balaban J connectivity index is 0.00000144. The summed E-state index contributed by atoms with van der Waals surface area (Å²) in [5.74, 6) is 0. The number of hydrogen-bond acceptors (Lipinski definition) is 1. The average Bonchev–Trinajstić information content (AvgIpc) is 2.40. The highest BCUT2D eigenvalue weighted by Gasteiger charge is 2.41. The summed E-state index contributed by atoms with van der Waals surface area (Å²) >= 11 is 0. The van der Waals surface area contributed by atoms with Crippen molar-refractivity contribution in [3.8, 4) is 0 Å². The first kappa shape index (κ1) is 14.5. The standard InChI is InChI=1S/C14H21N2.HI/c1-10-14(2,3)12-9-11(15(4)5)7-8-13(12)16(10)6;/h7-9H,1-6H3;1H/q+1;/p-1. The molecule has 17 heavy (non-hydrogen) atoms. The number of fused-ring (bicyclic) bond motifs is 1. The van der Waals surface area contributed by atoms with Crippen LogP contribution in [0.4, 0.5) is 11.4 Å². The molecule has 0 aromatic heterocycles. The fourth-order valence-electron chi connectivity index (χ4n) is 2.39. The van der Waals surface area contributed by atoms with E-state index in [1.54, 1.807) is 0 Å². The van der Waals surface area contributed by atoms with Gasteiger partial charge in [-0.25, -0.2) is 4.58 Å². The number of hydrogen-bond donors (Lipinski definition) is 0. The second-order valence-electron chi connectivity index (χ2n) is 5.37. The molecule has 0 amide bonds. The van der Waals surface area contributed by atoms with Crippen molar-refractivity contribution in [1.82, 2.24) is 0 Å². The molecule has 3 heteroatoms. The summed E-state index contributed by atoms with van der Waals surface area (Å²) < 4.78 is 2.30. The second kappa shape index (κ2) is 4.59. The molecule has 0 N–H and O–H groups in total. The summed E-state index contributed by atoms with van der Waals surface area (Å²) in [6.45, 7) is 6.81. The summed E-state index contributed by atoms with van der Waals surface area (Å²) in [6.07, 6.45) is 0. The molecule has 0 unspecified atom stereocenters. The summed E-state index contributed by atoms with van der Waals surface area (Å²) in [6, 6.07) is 6.72. The van der Waals surface area contributed by atoms with Crippen molar-refractivity contribution >= 4 is 17.1 Å². The zero-order valence-corrected chi connectivity index (χ0v) is 13.7. The lowest BCUT2D eigenvalue weighted by atomic mass is 9.82. The molecule has 94 valence electrons. The van der Waals surface area contributed by atoms with Crippen LogP contribution >= 0.6 is 0 Å². The van der Waals surface area contributed by atoms with E-state index < -0.39 is 0 Å². The molecule has 1 aliphatic rings. The van der Waals surface area contributed by atoms with E-state index in [0.717, 1.165) is 0 Å². The van der Waals surface area contributed by atoms with Crippen molar-refractivity contribution in [3.05, 3.63) is 23.8 Å². The maximum absolute atomic E-state index is 2.31. The smallest absolute Gasteiger partial charge is 0.209 e. The molecule has 0 atom stereocenters. The third-order valence-corrected chi connectivity index (χ3v) is 3.94. The van der Waals surface area contributed by atoms with Crippen molar-refractivity contribution in [2.45, 2.75) is 26.2 Å². The molecule has 0 saturated carbocycles.